The fourth-order valence-electron chi connectivity index (χ4n) is 3.08. The van der Waals surface area contributed by atoms with Gasteiger partial charge in [-0.25, -0.2) is 10.1 Å². The number of hydrazone groups is 1. The first kappa shape index (κ1) is 19.4. The number of carbonyl (C=O) groups is 1. The van der Waals surface area contributed by atoms with Crippen LogP contribution in [0.3, 0.4) is 0 Å². The van der Waals surface area contributed by atoms with Crippen molar-refractivity contribution in [2.75, 3.05) is 0 Å². The van der Waals surface area contributed by atoms with Gasteiger partial charge in [0.2, 0.25) is 5.91 Å². The number of hydrogen-bond donors (Lipinski definition) is 1. The van der Waals surface area contributed by atoms with E-state index in [1.54, 1.807) is 10.9 Å². The molecule has 2 aromatic carbocycles. The van der Waals surface area contributed by atoms with Crippen molar-refractivity contribution in [3.63, 3.8) is 0 Å². The highest BCUT2D eigenvalue weighted by molar-refractivity contribution is 5.88. The van der Waals surface area contributed by atoms with Crippen LogP contribution in [-0.2, 0) is 11.2 Å². The Bertz CT molecular complexity index is 1140. The maximum absolute atomic E-state index is 12.1. The molecule has 2 heterocycles. The number of para-hydroxylation sites is 1. The lowest BCUT2D eigenvalue weighted by atomic mass is 10.1. The molecule has 0 aliphatic carbocycles. The molecule has 150 valence electrons. The van der Waals surface area contributed by atoms with E-state index in [1.807, 2.05) is 85.9 Å². The monoisotopic (exact) mass is 398 g/mol. The first-order chi connectivity index (χ1) is 14.7. The van der Waals surface area contributed by atoms with Crippen LogP contribution in [0.2, 0.25) is 0 Å². The highest BCUT2D eigenvalue weighted by Crippen LogP contribution is 2.24. The standard InChI is InChI=1S/C24H22N4O2/c1-18-12-14-22(30-18)24-20(17-28(27-24)21-10-6-3-7-11-21)16-25-26-23(29)15-13-19-8-4-2-5-9-19/h2-12,14,16-17H,13,15H2,1H3,(H,26,29)/b25-16-. The second kappa shape index (κ2) is 9.05. The van der Waals surface area contributed by atoms with Gasteiger partial charge in [0.1, 0.15) is 11.5 Å². The van der Waals surface area contributed by atoms with Gasteiger partial charge < -0.3 is 4.42 Å². The van der Waals surface area contributed by atoms with Gasteiger partial charge >= 0.3 is 0 Å². The highest BCUT2D eigenvalue weighted by atomic mass is 16.3. The van der Waals surface area contributed by atoms with Crippen molar-refractivity contribution in [2.45, 2.75) is 19.8 Å². The SMILES string of the molecule is Cc1ccc(-c2nn(-c3ccccc3)cc2/C=N\NC(=O)CCc2ccccc2)o1. The molecule has 1 N–H and O–H groups in total. The van der Waals surface area contributed by atoms with Crippen LogP contribution in [-0.4, -0.2) is 21.9 Å². The van der Waals surface area contributed by atoms with Gasteiger partial charge in [0.25, 0.3) is 0 Å². The van der Waals surface area contributed by atoms with Crippen LogP contribution in [0, 0.1) is 6.92 Å². The van der Waals surface area contributed by atoms with E-state index in [-0.39, 0.29) is 5.91 Å². The first-order valence-corrected chi connectivity index (χ1v) is 9.77. The molecule has 0 unspecified atom stereocenters. The molecule has 1 amide bonds. The number of nitrogens with zero attached hydrogens (tertiary/aromatic N) is 3. The molecule has 6 nitrogen and oxygen atoms in total. The van der Waals surface area contributed by atoms with Crippen LogP contribution < -0.4 is 5.43 Å². The van der Waals surface area contributed by atoms with Gasteiger partial charge in [-0.2, -0.15) is 10.2 Å². The smallest absolute Gasteiger partial charge is 0.240 e. The van der Waals surface area contributed by atoms with Gasteiger partial charge in [0.05, 0.1) is 11.9 Å². The molecule has 0 fully saturated rings. The maximum Gasteiger partial charge on any atom is 0.240 e. The van der Waals surface area contributed by atoms with Gasteiger partial charge in [0, 0.05) is 18.2 Å². The predicted molar refractivity (Wildman–Crippen MR) is 117 cm³/mol. The third kappa shape index (κ3) is 4.72. The molecule has 0 bridgehead atoms. The van der Waals surface area contributed by atoms with Crippen LogP contribution in [0.15, 0.2) is 88.5 Å². The van der Waals surface area contributed by atoms with Crippen molar-refractivity contribution in [2.24, 2.45) is 5.10 Å². The number of aromatic nitrogens is 2. The molecule has 30 heavy (non-hydrogen) atoms. The molecule has 0 spiro atoms. The Hall–Kier alpha value is -3.93. The molecule has 2 aromatic heterocycles. The molecule has 6 heteroatoms. The minimum absolute atomic E-state index is 0.138. The first-order valence-electron chi connectivity index (χ1n) is 9.77. The molecule has 0 saturated carbocycles. The molecule has 0 saturated heterocycles. The summed E-state index contributed by atoms with van der Waals surface area (Å²) in [6.45, 7) is 1.89. The van der Waals surface area contributed by atoms with Crippen LogP contribution in [0.5, 0.6) is 0 Å². The van der Waals surface area contributed by atoms with Crippen molar-refractivity contribution in [3.8, 4) is 17.1 Å². The summed E-state index contributed by atoms with van der Waals surface area (Å²) in [5, 5.41) is 8.79. The third-order valence-corrected chi connectivity index (χ3v) is 4.61. The van der Waals surface area contributed by atoms with Crippen molar-refractivity contribution in [1.29, 1.82) is 0 Å². The number of rotatable bonds is 7. The van der Waals surface area contributed by atoms with E-state index in [4.69, 9.17) is 4.42 Å². The summed E-state index contributed by atoms with van der Waals surface area (Å²) in [6.07, 6.45) is 4.50. The van der Waals surface area contributed by atoms with Crippen molar-refractivity contribution in [3.05, 3.63) is 95.9 Å². The average Bonchev–Trinajstić information content (AvgIpc) is 3.40. The van der Waals surface area contributed by atoms with Crippen molar-refractivity contribution < 1.29 is 9.21 Å². The zero-order chi connectivity index (χ0) is 20.8. The van der Waals surface area contributed by atoms with Crippen LogP contribution in [0.4, 0.5) is 0 Å². The zero-order valence-electron chi connectivity index (χ0n) is 16.7. The normalized spacial score (nSPS) is 11.1. The van der Waals surface area contributed by atoms with Gasteiger partial charge in [-0.3, -0.25) is 4.79 Å². The van der Waals surface area contributed by atoms with Crippen molar-refractivity contribution in [1.82, 2.24) is 15.2 Å². The lowest BCUT2D eigenvalue weighted by Gasteiger charge is -2.00. The number of carbonyl (C=O) groups excluding carboxylic acids is 1. The zero-order valence-corrected chi connectivity index (χ0v) is 16.7. The molecular weight excluding hydrogens is 376 g/mol. The van der Waals surface area contributed by atoms with Gasteiger partial charge in [-0.15, -0.1) is 0 Å². The predicted octanol–water partition coefficient (Wildman–Crippen LogP) is 4.52. The summed E-state index contributed by atoms with van der Waals surface area (Å²) >= 11 is 0. The summed E-state index contributed by atoms with van der Waals surface area (Å²) in [5.74, 6) is 1.32. The quantitative estimate of drug-likeness (QED) is 0.367. The summed E-state index contributed by atoms with van der Waals surface area (Å²) in [5.41, 5.74) is 6.05. The molecule has 0 atom stereocenters. The summed E-state index contributed by atoms with van der Waals surface area (Å²) in [6, 6.07) is 23.5. The van der Waals surface area contributed by atoms with E-state index in [0.717, 1.165) is 22.6 Å². The lowest BCUT2D eigenvalue weighted by molar-refractivity contribution is -0.121. The number of benzene rings is 2. The summed E-state index contributed by atoms with van der Waals surface area (Å²) < 4.78 is 7.52. The maximum atomic E-state index is 12.1. The highest BCUT2D eigenvalue weighted by Gasteiger charge is 2.14. The van der Waals surface area contributed by atoms with E-state index < -0.39 is 0 Å². The number of aryl methyl sites for hydroxylation is 2. The van der Waals surface area contributed by atoms with Gasteiger partial charge in [-0.05, 0) is 43.2 Å². The Morgan fingerprint density at radius 3 is 2.50 bits per heavy atom. The Balaban J connectivity index is 1.49. The number of furan rings is 1. The molecule has 0 aliphatic heterocycles. The van der Waals surface area contributed by atoms with E-state index in [9.17, 15) is 4.79 Å². The minimum atomic E-state index is -0.138. The molecule has 4 rings (SSSR count). The average molecular weight is 398 g/mol. The van der Waals surface area contributed by atoms with Crippen LogP contribution in [0.1, 0.15) is 23.3 Å². The Labute approximate surface area is 174 Å². The number of hydrogen-bond acceptors (Lipinski definition) is 4. The fraction of sp³-hybridized carbons (Fsp3) is 0.125. The Morgan fingerprint density at radius 2 is 1.80 bits per heavy atom. The van der Waals surface area contributed by atoms with Gasteiger partial charge in [0.15, 0.2) is 5.76 Å². The third-order valence-electron chi connectivity index (χ3n) is 4.61. The molecule has 0 radical (unpaired) electrons. The summed E-state index contributed by atoms with van der Waals surface area (Å²) in [7, 11) is 0. The lowest BCUT2D eigenvalue weighted by Crippen LogP contribution is -2.17. The van der Waals surface area contributed by atoms with Crippen LogP contribution in [0.25, 0.3) is 17.1 Å². The van der Waals surface area contributed by atoms with E-state index in [1.165, 1.54) is 0 Å². The van der Waals surface area contributed by atoms with E-state index in [0.29, 0.717) is 24.3 Å². The molecule has 4 aromatic rings. The largest absolute Gasteiger partial charge is 0.460 e. The number of amides is 1. The van der Waals surface area contributed by atoms with Crippen LogP contribution >= 0.6 is 0 Å². The van der Waals surface area contributed by atoms with E-state index in [2.05, 4.69) is 15.6 Å². The topological polar surface area (TPSA) is 72.4 Å². The summed E-state index contributed by atoms with van der Waals surface area (Å²) in [4.78, 5) is 12.1. The van der Waals surface area contributed by atoms with E-state index >= 15 is 0 Å². The number of nitrogens with one attached hydrogen (secondary N) is 1. The Morgan fingerprint density at radius 1 is 1.07 bits per heavy atom. The second-order valence-corrected chi connectivity index (χ2v) is 6.90. The van der Waals surface area contributed by atoms with Gasteiger partial charge in [-0.1, -0.05) is 48.5 Å². The molecular formula is C24H22N4O2. The molecule has 0 aliphatic rings. The Kier molecular flexibility index (Phi) is 5.85. The minimum Gasteiger partial charge on any atom is -0.460 e. The van der Waals surface area contributed by atoms with Crippen molar-refractivity contribution >= 4 is 12.1 Å². The fourth-order valence-corrected chi connectivity index (χ4v) is 3.08. The second-order valence-electron chi connectivity index (χ2n) is 6.90.